The molecule has 2 saturated carbocycles. The van der Waals surface area contributed by atoms with E-state index in [0.717, 1.165) is 73.9 Å². The highest BCUT2D eigenvalue weighted by Gasteiger charge is 2.61. The van der Waals surface area contributed by atoms with Gasteiger partial charge in [-0.05, 0) is 69.6 Å². The first-order valence-corrected chi connectivity index (χ1v) is 22.0. The summed E-state index contributed by atoms with van der Waals surface area (Å²) in [5.41, 5.74) is 2.27. The second kappa shape index (κ2) is 10.9. The fourth-order valence-corrected chi connectivity index (χ4v) is 7.92. The summed E-state index contributed by atoms with van der Waals surface area (Å²) in [5, 5.41) is 8.14. The van der Waals surface area contributed by atoms with Crippen molar-refractivity contribution < 1.29 is 14.0 Å². The zero-order chi connectivity index (χ0) is 29.8. The van der Waals surface area contributed by atoms with E-state index < -0.39 is 21.8 Å². The maximum absolute atomic E-state index is 13.9. The third kappa shape index (κ3) is 6.33. The third-order valence-corrected chi connectivity index (χ3v) is 15.8. The summed E-state index contributed by atoms with van der Waals surface area (Å²) in [6.45, 7) is 21.7. The first-order valence-electron chi connectivity index (χ1n) is 15.4. The zero-order valence-electron chi connectivity index (χ0n) is 26.6. The van der Waals surface area contributed by atoms with Crippen LogP contribution in [0.1, 0.15) is 70.6 Å². The fourth-order valence-electron chi connectivity index (χ4n) is 5.76. The predicted octanol–water partition coefficient (Wildman–Crippen LogP) is 6.75. The average Bonchev–Trinajstić information content (AvgIpc) is 3.54. The summed E-state index contributed by atoms with van der Waals surface area (Å²) in [6, 6.07) is 1.23. The van der Waals surface area contributed by atoms with Crippen LogP contribution in [0.5, 0.6) is 0 Å². The molecule has 2 fully saturated rings. The topological polar surface area (TPSA) is 94.4 Å². The summed E-state index contributed by atoms with van der Waals surface area (Å²) in [4.78, 5) is 25.5. The second-order valence-corrected chi connectivity index (χ2v) is 25.5. The molecule has 2 aromatic rings. The van der Waals surface area contributed by atoms with Gasteiger partial charge in [0.05, 0.1) is 23.0 Å². The summed E-state index contributed by atoms with van der Waals surface area (Å²) >= 11 is 0. The van der Waals surface area contributed by atoms with Gasteiger partial charge in [0.25, 0.3) is 0 Å². The Kier molecular flexibility index (Phi) is 8.06. The smallest absolute Gasteiger partial charge is 0.239 e. The number of nitrogens with zero attached hydrogens (tertiary/aromatic N) is 5. The van der Waals surface area contributed by atoms with Crippen molar-refractivity contribution >= 4 is 39.8 Å². The molecule has 2 atom stereocenters. The van der Waals surface area contributed by atoms with Gasteiger partial charge in [-0.15, -0.1) is 0 Å². The Hall–Kier alpha value is -2.09. The number of carbonyl (C=O) groups excluding carboxylic acids is 1. The molecule has 1 amide bonds. The molecule has 0 saturated heterocycles. The van der Waals surface area contributed by atoms with E-state index in [1.54, 1.807) is 0 Å². The Bertz CT molecular complexity index is 1280. The van der Waals surface area contributed by atoms with Gasteiger partial charge in [-0.2, -0.15) is 10.1 Å². The molecule has 11 heteroatoms. The molecule has 226 valence electrons. The van der Waals surface area contributed by atoms with Gasteiger partial charge in [0, 0.05) is 38.6 Å². The standard InChI is InChI=1S/C30H50N6O3Si2/c1-21-25(19-35(34-21)20-38-15-16-40(5,6)7)32-28-31-18-24-26(33-28)36(27(37)30(24)13-14-30)22-11-10-12-23(17-22)39-41(8,9)29(2,3)4/h18-19,22-23H,10-17,20H2,1-9H3,(H,31,32,33)/t22-,23-/m1/s1. The summed E-state index contributed by atoms with van der Waals surface area (Å²) in [6.07, 6.45) is 9.73. The monoisotopic (exact) mass is 598 g/mol. The van der Waals surface area contributed by atoms with Gasteiger partial charge in [0.15, 0.2) is 8.32 Å². The molecule has 2 aliphatic carbocycles. The van der Waals surface area contributed by atoms with E-state index in [4.69, 9.17) is 14.1 Å². The van der Waals surface area contributed by atoms with Crippen molar-refractivity contribution in [3.05, 3.63) is 23.7 Å². The Morgan fingerprint density at radius 3 is 2.54 bits per heavy atom. The lowest BCUT2D eigenvalue weighted by Crippen LogP contribution is -2.49. The molecular formula is C30H50N6O3Si2. The molecule has 1 N–H and O–H groups in total. The molecule has 41 heavy (non-hydrogen) atoms. The number of hydrogen-bond acceptors (Lipinski definition) is 7. The van der Waals surface area contributed by atoms with Gasteiger partial charge in [0.2, 0.25) is 11.9 Å². The van der Waals surface area contributed by atoms with Crippen LogP contribution in [0, 0.1) is 6.92 Å². The fraction of sp³-hybridized carbons (Fsp3) is 0.733. The number of carbonyl (C=O) groups is 1. The largest absolute Gasteiger partial charge is 0.414 e. The van der Waals surface area contributed by atoms with Crippen molar-refractivity contribution in [1.82, 2.24) is 19.7 Å². The number of nitrogens with one attached hydrogen (secondary N) is 1. The zero-order valence-corrected chi connectivity index (χ0v) is 28.6. The number of amides is 1. The van der Waals surface area contributed by atoms with Gasteiger partial charge in [-0.3, -0.25) is 9.69 Å². The van der Waals surface area contributed by atoms with Gasteiger partial charge in [-0.1, -0.05) is 40.4 Å². The molecule has 3 heterocycles. The third-order valence-electron chi connectivity index (χ3n) is 9.53. The number of ether oxygens (including phenoxy) is 1. The van der Waals surface area contributed by atoms with E-state index >= 15 is 0 Å². The van der Waals surface area contributed by atoms with Crippen molar-refractivity contribution in [2.45, 2.75) is 134 Å². The van der Waals surface area contributed by atoms with E-state index in [2.05, 4.69) is 68.9 Å². The van der Waals surface area contributed by atoms with Crippen LogP contribution in [0.2, 0.25) is 43.8 Å². The highest BCUT2D eigenvalue weighted by molar-refractivity contribution is 6.76. The minimum Gasteiger partial charge on any atom is -0.414 e. The summed E-state index contributed by atoms with van der Waals surface area (Å²) in [7, 11) is -3.02. The minimum atomic E-state index is -1.90. The Morgan fingerprint density at radius 2 is 1.88 bits per heavy atom. The van der Waals surface area contributed by atoms with Crippen LogP contribution in [0.3, 0.4) is 0 Å². The number of fused-ring (bicyclic) bond motifs is 2. The molecule has 3 aliphatic rings. The van der Waals surface area contributed by atoms with Crippen LogP contribution >= 0.6 is 0 Å². The average molecular weight is 599 g/mol. The summed E-state index contributed by atoms with van der Waals surface area (Å²) in [5.74, 6) is 1.48. The lowest BCUT2D eigenvalue weighted by atomic mass is 9.92. The molecule has 1 aliphatic heterocycles. The Morgan fingerprint density at radius 1 is 1.15 bits per heavy atom. The number of anilines is 3. The van der Waals surface area contributed by atoms with Crippen LogP contribution in [-0.4, -0.2) is 60.8 Å². The predicted molar refractivity (Wildman–Crippen MR) is 169 cm³/mol. The molecule has 2 aromatic heterocycles. The van der Waals surface area contributed by atoms with E-state index in [0.29, 0.717) is 12.7 Å². The maximum Gasteiger partial charge on any atom is 0.239 e. The lowest BCUT2D eigenvalue weighted by Gasteiger charge is -2.43. The molecule has 0 radical (unpaired) electrons. The van der Waals surface area contributed by atoms with Crippen molar-refractivity contribution in [3.63, 3.8) is 0 Å². The molecule has 5 rings (SSSR count). The van der Waals surface area contributed by atoms with E-state index in [-0.39, 0.29) is 23.1 Å². The number of hydrogen-bond donors (Lipinski definition) is 1. The van der Waals surface area contributed by atoms with Crippen LogP contribution in [0.15, 0.2) is 12.4 Å². The maximum atomic E-state index is 13.9. The van der Waals surface area contributed by atoms with Gasteiger partial charge >= 0.3 is 0 Å². The van der Waals surface area contributed by atoms with Crippen molar-refractivity contribution in [2.24, 2.45) is 0 Å². The quantitative estimate of drug-likeness (QED) is 0.239. The van der Waals surface area contributed by atoms with Gasteiger partial charge < -0.3 is 14.5 Å². The number of rotatable bonds is 10. The molecule has 0 unspecified atom stereocenters. The van der Waals surface area contributed by atoms with Crippen LogP contribution < -0.4 is 10.2 Å². The molecule has 1 spiro atoms. The Labute approximate surface area is 247 Å². The molecule has 0 aromatic carbocycles. The van der Waals surface area contributed by atoms with E-state index in [1.807, 2.05) is 28.9 Å². The lowest BCUT2D eigenvalue weighted by molar-refractivity contribution is -0.120. The van der Waals surface area contributed by atoms with E-state index in [1.165, 1.54) is 0 Å². The number of aromatic nitrogens is 4. The minimum absolute atomic E-state index is 0.102. The van der Waals surface area contributed by atoms with Crippen LogP contribution in [-0.2, 0) is 26.1 Å². The van der Waals surface area contributed by atoms with Crippen molar-refractivity contribution in [1.29, 1.82) is 0 Å². The highest BCUT2D eigenvalue weighted by atomic mass is 28.4. The van der Waals surface area contributed by atoms with Crippen molar-refractivity contribution in [2.75, 3.05) is 16.8 Å². The summed E-state index contributed by atoms with van der Waals surface area (Å²) < 4.78 is 14.5. The normalized spacial score (nSPS) is 22.4. The van der Waals surface area contributed by atoms with E-state index in [9.17, 15) is 4.79 Å². The molecule has 0 bridgehead atoms. The number of aryl methyl sites for hydroxylation is 1. The second-order valence-electron chi connectivity index (χ2n) is 15.1. The van der Waals surface area contributed by atoms with Crippen LogP contribution in [0.25, 0.3) is 0 Å². The van der Waals surface area contributed by atoms with Crippen molar-refractivity contribution in [3.8, 4) is 0 Å². The van der Waals surface area contributed by atoms with Gasteiger partial charge in [0.1, 0.15) is 12.5 Å². The Balaban J connectivity index is 1.31. The first kappa shape index (κ1) is 30.4. The van der Waals surface area contributed by atoms with Crippen LogP contribution in [0.4, 0.5) is 17.5 Å². The molecule has 9 nitrogen and oxygen atoms in total. The first-order chi connectivity index (χ1) is 19.1. The SMILES string of the molecule is Cc1nn(COCC[Si](C)(C)C)cc1Nc1ncc2c(n1)N([C@@H]1CCC[C@@H](O[Si](C)(C)C(C)(C)C)C1)C(=O)C21CC1. The van der Waals surface area contributed by atoms with Gasteiger partial charge in [-0.25, -0.2) is 9.67 Å². The highest BCUT2D eigenvalue weighted by Crippen LogP contribution is 2.58. The molecular weight excluding hydrogens is 549 g/mol.